The van der Waals surface area contributed by atoms with Crippen molar-refractivity contribution in [3.05, 3.63) is 65.5 Å². The van der Waals surface area contributed by atoms with E-state index in [2.05, 4.69) is 12.2 Å². The second kappa shape index (κ2) is 11.7. The predicted molar refractivity (Wildman–Crippen MR) is 123 cm³/mol. The van der Waals surface area contributed by atoms with Crippen LogP contribution in [-0.4, -0.2) is 35.4 Å². The van der Waals surface area contributed by atoms with Gasteiger partial charge >= 0.3 is 0 Å². The molecule has 0 bridgehead atoms. The zero-order chi connectivity index (χ0) is 22.9. The number of ether oxygens (including phenoxy) is 1. The molecule has 0 unspecified atom stereocenters. The summed E-state index contributed by atoms with van der Waals surface area (Å²) < 4.78 is 19.0. The van der Waals surface area contributed by atoms with Gasteiger partial charge in [0.2, 0.25) is 5.91 Å². The lowest BCUT2D eigenvalue weighted by molar-refractivity contribution is -0.142. The van der Waals surface area contributed by atoms with Crippen molar-refractivity contribution in [2.45, 2.75) is 71.0 Å². The van der Waals surface area contributed by atoms with E-state index in [0.717, 1.165) is 37.7 Å². The lowest BCUT2D eigenvalue weighted by Gasteiger charge is -2.31. The van der Waals surface area contributed by atoms with Gasteiger partial charge in [-0.25, -0.2) is 4.39 Å². The molecule has 1 aliphatic carbocycles. The Labute approximate surface area is 190 Å². The standard InChI is InChI=1S/C26H33FN2O3/c1-3-20-11-15-24(16-12-20)32-18-25(30)29(17-21-9-13-22(27)14-10-21)19(2)26(31)28-23-7-5-4-6-8-23/h9-16,19,23H,3-8,17-18H2,1-2H3,(H,28,31)/t19-/m0/s1. The summed E-state index contributed by atoms with van der Waals surface area (Å²) in [6.07, 6.45) is 6.30. The molecule has 1 aliphatic rings. The maximum atomic E-state index is 13.3. The van der Waals surface area contributed by atoms with Crippen LogP contribution in [0.15, 0.2) is 48.5 Å². The molecule has 0 spiro atoms. The van der Waals surface area contributed by atoms with Crippen LogP contribution in [0.25, 0.3) is 0 Å². The third-order valence-electron chi connectivity index (χ3n) is 6.08. The van der Waals surface area contributed by atoms with Crippen molar-refractivity contribution < 1.29 is 18.7 Å². The smallest absolute Gasteiger partial charge is 0.261 e. The molecule has 0 heterocycles. The van der Waals surface area contributed by atoms with Crippen LogP contribution in [0, 0.1) is 5.82 Å². The fraction of sp³-hybridized carbons (Fsp3) is 0.462. The van der Waals surface area contributed by atoms with Gasteiger partial charge < -0.3 is 15.0 Å². The normalized spacial score (nSPS) is 15.1. The van der Waals surface area contributed by atoms with Gasteiger partial charge in [0.05, 0.1) is 0 Å². The highest BCUT2D eigenvalue weighted by Gasteiger charge is 2.28. The predicted octanol–water partition coefficient (Wildman–Crippen LogP) is 4.63. The minimum Gasteiger partial charge on any atom is -0.484 e. The lowest BCUT2D eigenvalue weighted by atomic mass is 9.95. The molecule has 0 aromatic heterocycles. The van der Waals surface area contributed by atoms with Gasteiger partial charge in [-0.05, 0) is 61.6 Å². The van der Waals surface area contributed by atoms with Crippen LogP contribution in [-0.2, 0) is 22.6 Å². The van der Waals surface area contributed by atoms with E-state index in [-0.39, 0.29) is 36.8 Å². The lowest BCUT2D eigenvalue weighted by Crippen LogP contribution is -2.51. The maximum Gasteiger partial charge on any atom is 0.261 e. The molecule has 0 saturated heterocycles. The van der Waals surface area contributed by atoms with Gasteiger partial charge in [-0.2, -0.15) is 0 Å². The molecule has 2 aromatic rings. The van der Waals surface area contributed by atoms with Crippen LogP contribution in [0.3, 0.4) is 0 Å². The minimum absolute atomic E-state index is 0.162. The molecule has 0 radical (unpaired) electrons. The number of nitrogens with zero attached hydrogens (tertiary/aromatic N) is 1. The summed E-state index contributed by atoms with van der Waals surface area (Å²) in [6, 6.07) is 13.1. The average molecular weight is 441 g/mol. The van der Waals surface area contributed by atoms with Crippen LogP contribution in [0.4, 0.5) is 4.39 Å². The molecular weight excluding hydrogens is 407 g/mol. The molecular formula is C26H33FN2O3. The van der Waals surface area contributed by atoms with E-state index >= 15 is 0 Å². The number of hydrogen-bond donors (Lipinski definition) is 1. The monoisotopic (exact) mass is 440 g/mol. The van der Waals surface area contributed by atoms with Gasteiger partial charge in [-0.3, -0.25) is 9.59 Å². The van der Waals surface area contributed by atoms with Crippen molar-refractivity contribution in [1.82, 2.24) is 10.2 Å². The van der Waals surface area contributed by atoms with E-state index < -0.39 is 6.04 Å². The minimum atomic E-state index is -0.666. The maximum absolute atomic E-state index is 13.3. The Bertz CT molecular complexity index is 877. The molecule has 0 aliphatic heterocycles. The van der Waals surface area contributed by atoms with E-state index in [9.17, 15) is 14.0 Å². The summed E-state index contributed by atoms with van der Waals surface area (Å²) in [5.41, 5.74) is 1.94. The number of nitrogens with one attached hydrogen (secondary N) is 1. The van der Waals surface area contributed by atoms with Crippen LogP contribution in [0.5, 0.6) is 5.75 Å². The van der Waals surface area contributed by atoms with E-state index in [0.29, 0.717) is 5.75 Å². The van der Waals surface area contributed by atoms with E-state index in [4.69, 9.17) is 4.74 Å². The molecule has 172 valence electrons. The van der Waals surface area contributed by atoms with E-state index in [1.807, 2.05) is 24.3 Å². The molecule has 6 heteroatoms. The topological polar surface area (TPSA) is 58.6 Å². The third-order valence-corrected chi connectivity index (χ3v) is 6.08. The molecule has 32 heavy (non-hydrogen) atoms. The van der Waals surface area contributed by atoms with Crippen LogP contribution in [0.2, 0.25) is 0 Å². The van der Waals surface area contributed by atoms with Crippen molar-refractivity contribution in [3.8, 4) is 5.75 Å². The van der Waals surface area contributed by atoms with Crippen LogP contribution >= 0.6 is 0 Å². The fourth-order valence-electron chi connectivity index (χ4n) is 3.99. The molecule has 2 aromatic carbocycles. The first-order valence-electron chi connectivity index (χ1n) is 11.5. The van der Waals surface area contributed by atoms with Crippen molar-refractivity contribution in [2.75, 3.05) is 6.61 Å². The summed E-state index contributed by atoms with van der Waals surface area (Å²) in [4.78, 5) is 27.5. The second-order valence-electron chi connectivity index (χ2n) is 8.45. The highest BCUT2D eigenvalue weighted by atomic mass is 19.1. The first-order chi connectivity index (χ1) is 15.5. The van der Waals surface area contributed by atoms with E-state index in [1.54, 1.807) is 19.1 Å². The van der Waals surface area contributed by atoms with Gasteiger partial charge in [-0.1, -0.05) is 50.5 Å². The summed E-state index contributed by atoms with van der Waals surface area (Å²) in [5, 5.41) is 3.10. The largest absolute Gasteiger partial charge is 0.484 e. The molecule has 1 atom stereocenters. The van der Waals surface area contributed by atoms with E-state index in [1.165, 1.54) is 29.0 Å². The molecule has 2 amide bonds. The fourth-order valence-corrected chi connectivity index (χ4v) is 3.99. The van der Waals surface area contributed by atoms with Crippen LogP contribution < -0.4 is 10.1 Å². The zero-order valence-corrected chi connectivity index (χ0v) is 19.0. The summed E-state index contributed by atoms with van der Waals surface area (Å²) in [6.45, 7) is 3.84. The quantitative estimate of drug-likeness (QED) is 0.618. The number of carbonyl (C=O) groups excluding carboxylic acids is 2. The number of hydrogen-bond acceptors (Lipinski definition) is 3. The van der Waals surface area contributed by atoms with Crippen molar-refractivity contribution in [3.63, 3.8) is 0 Å². The number of rotatable bonds is 9. The van der Waals surface area contributed by atoms with Gasteiger partial charge in [0, 0.05) is 12.6 Å². The number of halogens is 1. The van der Waals surface area contributed by atoms with Crippen molar-refractivity contribution in [1.29, 1.82) is 0 Å². The Morgan fingerprint density at radius 1 is 1.03 bits per heavy atom. The summed E-state index contributed by atoms with van der Waals surface area (Å²) in [5.74, 6) is -0.190. The number of aryl methyl sites for hydroxylation is 1. The summed E-state index contributed by atoms with van der Waals surface area (Å²) in [7, 11) is 0. The number of carbonyl (C=O) groups is 2. The molecule has 3 rings (SSSR count). The van der Waals surface area contributed by atoms with Crippen LogP contribution in [0.1, 0.15) is 57.1 Å². The Balaban J connectivity index is 1.68. The highest BCUT2D eigenvalue weighted by molar-refractivity contribution is 5.88. The zero-order valence-electron chi connectivity index (χ0n) is 19.0. The number of amides is 2. The Morgan fingerprint density at radius 2 is 1.66 bits per heavy atom. The molecule has 5 nitrogen and oxygen atoms in total. The van der Waals surface area contributed by atoms with Crippen molar-refractivity contribution in [2.24, 2.45) is 0 Å². The van der Waals surface area contributed by atoms with Gasteiger partial charge in [0.15, 0.2) is 6.61 Å². The highest BCUT2D eigenvalue weighted by Crippen LogP contribution is 2.19. The van der Waals surface area contributed by atoms with Gasteiger partial charge in [0.25, 0.3) is 5.91 Å². The summed E-state index contributed by atoms with van der Waals surface area (Å²) >= 11 is 0. The SMILES string of the molecule is CCc1ccc(OCC(=O)N(Cc2ccc(F)cc2)[C@@H](C)C(=O)NC2CCCCC2)cc1. The first-order valence-corrected chi connectivity index (χ1v) is 11.5. The Kier molecular flexibility index (Phi) is 8.65. The second-order valence-corrected chi connectivity index (χ2v) is 8.45. The molecule has 1 saturated carbocycles. The Hall–Kier alpha value is -2.89. The third kappa shape index (κ3) is 6.81. The van der Waals surface area contributed by atoms with Gasteiger partial charge in [-0.15, -0.1) is 0 Å². The molecule has 1 fully saturated rings. The first kappa shape index (κ1) is 23.8. The number of benzene rings is 2. The van der Waals surface area contributed by atoms with Gasteiger partial charge in [0.1, 0.15) is 17.6 Å². The van der Waals surface area contributed by atoms with Crippen molar-refractivity contribution >= 4 is 11.8 Å². The Morgan fingerprint density at radius 3 is 2.28 bits per heavy atom. The molecule has 1 N–H and O–H groups in total. The average Bonchev–Trinajstić information content (AvgIpc) is 2.82.